The van der Waals surface area contributed by atoms with Gasteiger partial charge in [0.15, 0.2) is 11.2 Å². The van der Waals surface area contributed by atoms with Gasteiger partial charge in [0.1, 0.15) is 6.54 Å². The Bertz CT molecular complexity index is 982. The molecule has 10 heteroatoms. The van der Waals surface area contributed by atoms with Gasteiger partial charge in [-0.05, 0) is 0 Å². The minimum Gasteiger partial charge on any atom is -0.339 e. The Morgan fingerprint density at radius 2 is 1.80 bits per heavy atom. The maximum Gasteiger partial charge on any atom is 0.332 e. The summed E-state index contributed by atoms with van der Waals surface area (Å²) < 4.78 is 3.54. The molecule has 2 aromatic rings. The van der Waals surface area contributed by atoms with Crippen molar-refractivity contribution >= 4 is 17.1 Å². The fourth-order valence-electron chi connectivity index (χ4n) is 2.50. The highest BCUT2D eigenvalue weighted by Gasteiger charge is 2.20. The number of carbonyl (C=O) groups excluding carboxylic acids is 1. The molecule has 0 fully saturated rings. The number of nitrogens with zero attached hydrogens (tertiary/aromatic N) is 7. The second-order valence-corrected chi connectivity index (χ2v) is 5.46. The van der Waals surface area contributed by atoms with Crippen LogP contribution in [-0.2, 0) is 25.4 Å². The van der Waals surface area contributed by atoms with Crippen LogP contribution in [0.2, 0.25) is 0 Å². The van der Waals surface area contributed by atoms with Gasteiger partial charge in [-0.1, -0.05) is 0 Å². The minimum atomic E-state index is -0.648. The lowest BCUT2D eigenvalue weighted by Gasteiger charge is -2.20. The van der Waals surface area contributed by atoms with E-state index in [1.54, 1.807) is 7.05 Å². The van der Waals surface area contributed by atoms with Crippen molar-refractivity contribution in [2.24, 2.45) is 14.1 Å². The van der Waals surface area contributed by atoms with E-state index in [1.165, 1.54) is 27.4 Å². The van der Waals surface area contributed by atoms with Crippen molar-refractivity contribution in [3.05, 3.63) is 27.2 Å². The Morgan fingerprint density at radius 1 is 1.20 bits per heavy atom. The summed E-state index contributed by atoms with van der Waals surface area (Å²) in [6, 6.07) is 3.86. The quantitative estimate of drug-likeness (QED) is 0.667. The third-order valence-corrected chi connectivity index (χ3v) is 3.83. The number of hydrogen-bond acceptors (Lipinski definition) is 6. The van der Waals surface area contributed by atoms with Gasteiger partial charge in [-0.3, -0.25) is 14.2 Å². The summed E-state index contributed by atoms with van der Waals surface area (Å²) in [6.45, 7) is -0.177. The third-order valence-electron chi connectivity index (χ3n) is 3.83. The van der Waals surface area contributed by atoms with Gasteiger partial charge < -0.3 is 9.47 Å². The van der Waals surface area contributed by atoms with E-state index in [2.05, 4.69) is 4.98 Å². The molecule has 0 aromatic carbocycles. The number of hydrogen-bond donors (Lipinski definition) is 0. The number of aryl methyl sites for hydroxylation is 2. The van der Waals surface area contributed by atoms with Crippen LogP contribution in [0.5, 0.6) is 0 Å². The van der Waals surface area contributed by atoms with Gasteiger partial charge in [0.25, 0.3) is 5.56 Å². The van der Waals surface area contributed by atoms with Crippen LogP contribution in [-0.4, -0.2) is 42.6 Å². The molecule has 0 atom stereocenters. The average molecular weight is 343 g/mol. The Morgan fingerprint density at radius 3 is 2.36 bits per heavy atom. The lowest BCUT2D eigenvalue weighted by molar-refractivity contribution is -0.131. The molecule has 10 nitrogen and oxygen atoms in total. The highest BCUT2D eigenvalue weighted by atomic mass is 16.2. The van der Waals surface area contributed by atoms with E-state index in [0.717, 1.165) is 4.57 Å². The summed E-state index contributed by atoms with van der Waals surface area (Å²) in [7, 11) is 3.10. The van der Waals surface area contributed by atoms with E-state index in [4.69, 9.17) is 10.5 Å². The first-order chi connectivity index (χ1) is 11.9. The molecule has 2 aromatic heterocycles. The maximum atomic E-state index is 12.6. The molecule has 0 aliphatic rings. The Kier molecular flexibility index (Phi) is 5.35. The van der Waals surface area contributed by atoms with Gasteiger partial charge in [-0.2, -0.15) is 10.5 Å². The van der Waals surface area contributed by atoms with E-state index in [-0.39, 0.29) is 37.1 Å². The van der Waals surface area contributed by atoms with Crippen LogP contribution in [0.1, 0.15) is 12.8 Å². The predicted molar refractivity (Wildman–Crippen MR) is 87.3 cm³/mol. The number of fused-ring (bicyclic) bond motifs is 1. The smallest absolute Gasteiger partial charge is 0.332 e. The summed E-state index contributed by atoms with van der Waals surface area (Å²) in [5.41, 5.74) is -0.792. The van der Waals surface area contributed by atoms with Crippen LogP contribution in [0.3, 0.4) is 0 Å². The molecule has 0 saturated carbocycles. The van der Waals surface area contributed by atoms with E-state index in [1.807, 2.05) is 12.1 Å². The molecule has 2 rings (SSSR count). The fourth-order valence-corrected chi connectivity index (χ4v) is 2.50. The Balaban J connectivity index is 2.42. The number of carbonyl (C=O) groups is 1. The first-order valence-corrected chi connectivity index (χ1v) is 7.55. The normalized spacial score (nSPS) is 10.4. The summed E-state index contributed by atoms with van der Waals surface area (Å²) in [6.07, 6.45) is 1.62. The molecule has 0 unspecified atom stereocenters. The molecule has 1 amide bonds. The fraction of sp³-hybridized carbons (Fsp3) is 0.467. The van der Waals surface area contributed by atoms with Crippen molar-refractivity contribution in [2.75, 3.05) is 13.1 Å². The van der Waals surface area contributed by atoms with Crippen LogP contribution in [0.25, 0.3) is 11.2 Å². The van der Waals surface area contributed by atoms with Crippen LogP contribution < -0.4 is 11.2 Å². The summed E-state index contributed by atoms with van der Waals surface area (Å²) in [5.74, 6) is -0.494. The standard InChI is InChI=1S/C15H17N7O3/c1-19-10-18-13-12(19)14(24)22(15(25)20(13)2)9-11(23)21(7-3-5-16)8-4-6-17/h10H,3-4,7-9H2,1-2H3. The number of imidazole rings is 1. The zero-order chi connectivity index (χ0) is 18.6. The SMILES string of the molecule is Cn1cnc2c1c(=O)n(CC(=O)N(CCC#N)CCC#N)c(=O)n2C. The van der Waals surface area contributed by atoms with E-state index < -0.39 is 23.7 Å². The molecule has 0 spiro atoms. The van der Waals surface area contributed by atoms with Crippen LogP contribution in [0.4, 0.5) is 0 Å². The molecule has 0 bridgehead atoms. The second-order valence-electron chi connectivity index (χ2n) is 5.46. The Hall–Kier alpha value is -3.40. The van der Waals surface area contributed by atoms with Gasteiger partial charge in [-0.25, -0.2) is 14.3 Å². The molecular formula is C15H17N7O3. The summed E-state index contributed by atoms with van der Waals surface area (Å²) in [4.78, 5) is 42.8. The number of amides is 1. The summed E-state index contributed by atoms with van der Waals surface area (Å²) in [5, 5.41) is 17.4. The number of aromatic nitrogens is 4. The first kappa shape index (κ1) is 17.9. The van der Waals surface area contributed by atoms with Gasteiger partial charge >= 0.3 is 5.69 Å². The topological polar surface area (TPSA) is 130 Å². The zero-order valence-electron chi connectivity index (χ0n) is 14.0. The van der Waals surface area contributed by atoms with Crippen molar-refractivity contribution in [3.63, 3.8) is 0 Å². The lowest BCUT2D eigenvalue weighted by atomic mass is 10.3. The monoisotopic (exact) mass is 343 g/mol. The average Bonchev–Trinajstić information content (AvgIpc) is 2.98. The predicted octanol–water partition coefficient (Wildman–Crippen LogP) is -0.910. The largest absolute Gasteiger partial charge is 0.339 e. The van der Waals surface area contributed by atoms with Crippen molar-refractivity contribution in [1.29, 1.82) is 10.5 Å². The lowest BCUT2D eigenvalue weighted by Crippen LogP contribution is -2.45. The molecule has 0 N–H and O–H groups in total. The molecule has 130 valence electrons. The maximum absolute atomic E-state index is 12.6. The highest BCUT2D eigenvalue weighted by Crippen LogP contribution is 2.03. The van der Waals surface area contributed by atoms with Gasteiger partial charge in [-0.15, -0.1) is 0 Å². The molecule has 0 saturated heterocycles. The van der Waals surface area contributed by atoms with Crippen LogP contribution in [0.15, 0.2) is 15.9 Å². The number of rotatable bonds is 6. The molecule has 0 aliphatic carbocycles. The third kappa shape index (κ3) is 3.43. The Labute approximate surface area is 142 Å². The minimum absolute atomic E-state index is 0.102. The van der Waals surface area contributed by atoms with Crippen molar-refractivity contribution in [3.8, 4) is 12.1 Å². The summed E-state index contributed by atoms with van der Waals surface area (Å²) >= 11 is 0. The first-order valence-electron chi connectivity index (χ1n) is 7.55. The van der Waals surface area contributed by atoms with E-state index in [9.17, 15) is 14.4 Å². The van der Waals surface area contributed by atoms with Gasteiger partial charge in [0.05, 0.1) is 31.3 Å². The molecule has 0 aliphatic heterocycles. The van der Waals surface area contributed by atoms with Crippen LogP contribution >= 0.6 is 0 Å². The number of nitriles is 2. The second kappa shape index (κ2) is 7.45. The molecule has 2 heterocycles. The highest BCUT2D eigenvalue weighted by molar-refractivity contribution is 5.77. The molecule has 25 heavy (non-hydrogen) atoms. The van der Waals surface area contributed by atoms with Crippen LogP contribution in [0, 0.1) is 22.7 Å². The zero-order valence-corrected chi connectivity index (χ0v) is 14.0. The molecule has 0 radical (unpaired) electrons. The van der Waals surface area contributed by atoms with E-state index in [0.29, 0.717) is 0 Å². The van der Waals surface area contributed by atoms with Gasteiger partial charge in [0.2, 0.25) is 5.91 Å². The van der Waals surface area contributed by atoms with Gasteiger partial charge in [0, 0.05) is 27.2 Å². The van der Waals surface area contributed by atoms with Crippen molar-refractivity contribution in [2.45, 2.75) is 19.4 Å². The van der Waals surface area contributed by atoms with Crippen molar-refractivity contribution < 1.29 is 4.79 Å². The molecular weight excluding hydrogens is 326 g/mol. The van der Waals surface area contributed by atoms with Crippen molar-refractivity contribution in [1.82, 2.24) is 23.6 Å². The van der Waals surface area contributed by atoms with E-state index >= 15 is 0 Å².